The fourth-order valence-electron chi connectivity index (χ4n) is 3.25. The molecule has 166 valence electrons. The molecule has 1 saturated heterocycles. The van der Waals surface area contributed by atoms with Crippen LogP contribution in [0.25, 0.3) is 0 Å². The Kier molecular flexibility index (Phi) is 7.33. The number of Topliss-reactive ketones (excluding diaryl/α,β-unsaturated/α-hetero) is 1. The number of hydrogen-bond acceptors (Lipinski definition) is 6. The molecular formula is C23H23N3O6. The van der Waals surface area contributed by atoms with Crippen LogP contribution in [0.2, 0.25) is 0 Å². The van der Waals surface area contributed by atoms with Gasteiger partial charge in [0.15, 0.2) is 12.4 Å². The highest BCUT2D eigenvalue weighted by Crippen LogP contribution is 2.21. The molecule has 0 radical (unpaired) electrons. The van der Waals surface area contributed by atoms with Crippen LogP contribution >= 0.6 is 0 Å². The van der Waals surface area contributed by atoms with Gasteiger partial charge in [0.1, 0.15) is 6.54 Å². The molecule has 1 heterocycles. The number of amides is 3. The molecule has 0 saturated carbocycles. The molecule has 1 aliphatic heterocycles. The van der Waals surface area contributed by atoms with E-state index in [1.54, 1.807) is 53.4 Å². The second kappa shape index (κ2) is 10.3. The molecule has 3 amide bonds. The molecule has 32 heavy (non-hydrogen) atoms. The Morgan fingerprint density at radius 2 is 1.75 bits per heavy atom. The molecule has 2 N–H and O–H groups in total. The second-order valence-corrected chi connectivity index (χ2v) is 7.19. The number of esters is 1. The van der Waals surface area contributed by atoms with E-state index in [0.29, 0.717) is 29.8 Å². The van der Waals surface area contributed by atoms with Gasteiger partial charge >= 0.3 is 5.97 Å². The van der Waals surface area contributed by atoms with E-state index < -0.39 is 30.9 Å². The number of rotatable bonds is 8. The van der Waals surface area contributed by atoms with E-state index in [9.17, 15) is 24.0 Å². The largest absolute Gasteiger partial charge is 0.454 e. The molecule has 1 aliphatic rings. The van der Waals surface area contributed by atoms with Crippen LogP contribution in [0.4, 0.5) is 11.4 Å². The van der Waals surface area contributed by atoms with Crippen molar-refractivity contribution in [3.8, 4) is 0 Å². The Morgan fingerprint density at radius 3 is 2.41 bits per heavy atom. The van der Waals surface area contributed by atoms with Crippen molar-refractivity contribution in [3.63, 3.8) is 0 Å². The molecule has 0 bridgehead atoms. The normalized spacial score (nSPS) is 12.9. The molecule has 9 nitrogen and oxygen atoms in total. The first-order valence-electron chi connectivity index (χ1n) is 10.1. The lowest BCUT2D eigenvalue weighted by Crippen LogP contribution is -2.32. The summed E-state index contributed by atoms with van der Waals surface area (Å²) >= 11 is 0. The number of carbonyl (C=O) groups excluding carboxylic acids is 5. The summed E-state index contributed by atoms with van der Waals surface area (Å²) in [5.41, 5.74) is 1.72. The summed E-state index contributed by atoms with van der Waals surface area (Å²) in [5, 5.41) is 4.94. The standard InChI is InChI=1S/C23H23N3O6/c1-15(27)18-5-2-3-6-19(18)25-20(28)14-32-22(30)13-24-23(31)16-8-10-17(11-9-16)26-12-4-7-21(26)29/h2-3,5-6,8-11H,4,7,12-14H2,1H3,(H,24,31)(H,25,28). The zero-order valence-corrected chi connectivity index (χ0v) is 17.6. The van der Waals surface area contributed by atoms with E-state index >= 15 is 0 Å². The third kappa shape index (κ3) is 5.78. The molecule has 0 aromatic heterocycles. The maximum absolute atomic E-state index is 12.2. The summed E-state index contributed by atoms with van der Waals surface area (Å²) in [5.74, 6) is -2.03. The van der Waals surface area contributed by atoms with Crippen LogP contribution in [0.15, 0.2) is 48.5 Å². The number of ketones is 1. The van der Waals surface area contributed by atoms with Crippen molar-refractivity contribution >= 4 is 40.8 Å². The summed E-state index contributed by atoms with van der Waals surface area (Å²) in [6.07, 6.45) is 1.33. The van der Waals surface area contributed by atoms with Gasteiger partial charge in [-0.3, -0.25) is 24.0 Å². The fraction of sp³-hybridized carbons (Fsp3) is 0.261. The van der Waals surface area contributed by atoms with E-state index in [1.807, 2.05) is 0 Å². The third-order valence-electron chi connectivity index (χ3n) is 4.85. The average Bonchev–Trinajstić information content (AvgIpc) is 3.22. The number of nitrogens with zero attached hydrogens (tertiary/aromatic N) is 1. The molecule has 2 aromatic rings. The van der Waals surface area contributed by atoms with Crippen LogP contribution in [0.5, 0.6) is 0 Å². The van der Waals surface area contributed by atoms with E-state index in [1.165, 1.54) is 6.92 Å². The minimum atomic E-state index is -0.785. The van der Waals surface area contributed by atoms with Gasteiger partial charge in [-0.1, -0.05) is 12.1 Å². The highest BCUT2D eigenvalue weighted by atomic mass is 16.5. The fourth-order valence-corrected chi connectivity index (χ4v) is 3.25. The van der Waals surface area contributed by atoms with Gasteiger partial charge in [-0.2, -0.15) is 0 Å². The summed E-state index contributed by atoms with van der Waals surface area (Å²) in [6, 6.07) is 13.0. The van der Waals surface area contributed by atoms with Crippen molar-refractivity contribution in [1.82, 2.24) is 5.32 Å². The topological polar surface area (TPSA) is 122 Å². The van der Waals surface area contributed by atoms with Crippen molar-refractivity contribution in [2.24, 2.45) is 0 Å². The van der Waals surface area contributed by atoms with Crippen molar-refractivity contribution in [3.05, 3.63) is 59.7 Å². The summed E-state index contributed by atoms with van der Waals surface area (Å²) in [7, 11) is 0. The van der Waals surface area contributed by atoms with Crippen molar-refractivity contribution in [1.29, 1.82) is 0 Å². The average molecular weight is 437 g/mol. The molecule has 9 heteroatoms. The number of nitrogens with one attached hydrogen (secondary N) is 2. The van der Waals surface area contributed by atoms with Crippen LogP contribution in [-0.4, -0.2) is 49.2 Å². The predicted octanol–water partition coefficient (Wildman–Crippen LogP) is 1.93. The Morgan fingerprint density at radius 1 is 1.03 bits per heavy atom. The SMILES string of the molecule is CC(=O)c1ccccc1NC(=O)COC(=O)CNC(=O)c1ccc(N2CCCC2=O)cc1. The van der Waals surface area contributed by atoms with Crippen molar-refractivity contribution < 1.29 is 28.7 Å². The smallest absolute Gasteiger partial charge is 0.325 e. The van der Waals surface area contributed by atoms with Gasteiger partial charge < -0.3 is 20.3 Å². The molecule has 0 aliphatic carbocycles. The van der Waals surface area contributed by atoms with E-state index in [2.05, 4.69) is 10.6 Å². The lowest BCUT2D eigenvalue weighted by molar-refractivity contribution is -0.146. The van der Waals surface area contributed by atoms with Gasteiger partial charge in [0.05, 0.1) is 5.69 Å². The first-order chi connectivity index (χ1) is 15.3. The molecule has 2 aromatic carbocycles. The van der Waals surface area contributed by atoms with Gasteiger partial charge in [-0.05, 0) is 49.7 Å². The predicted molar refractivity (Wildman–Crippen MR) is 116 cm³/mol. The van der Waals surface area contributed by atoms with E-state index in [0.717, 1.165) is 12.1 Å². The quantitative estimate of drug-likeness (QED) is 0.481. The number of benzene rings is 2. The van der Waals surface area contributed by atoms with Gasteiger partial charge in [-0.25, -0.2) is 0 Å². The Balaban J connectivity index is 1.43. The molecular weight excluding hydrogens is 414 g/mol. The molecule has 0 unspecified atom stereocenters. The Labute approximate surface area is 184 Å². The van der Waals surface area contributed by atoms with E-state index in [4.69, 9.17) is 4.74 Å². The van der Waals surface area contributed by atoms with Crippen molar-refractivity contribution in [2.75, 3.05) is 29.9 Å². The summed E-state index contributed by atoms with van der Waals surface area (Å²) < 4.78 is 4.87. The summed E-state index contributed by atoms with van der Waals surface area (Å²) in [4.78, 5) is 61.1. The lowest BCUT2D eigenvalue weighted by Gasteiger charge is -2.15. The van der Waals surface area contributed by atoms with Crippen molar-refractivity contribution in [2.45, 2.75) is 19.8 Å². The number of para-hydroxylation sites is 1. The molecule has 1 fully saturated rings. The maximum Gasteiger partial charge on any atom is 0.325 e. The Bertz CT molecular complexity index is 1050. The number of anilines is 2. The lowest BCUT2D eigenvalue weighted by atomic mass is 10.1. The van der Waals surface area contributed by atoms with Gasteiger partial charge in [-0.15, -0.1) is 0 Å². The van der Waals surface area contributed by atoms with Crippen LogP contribution in [0, 0.1) is 0 Å². The van der Waals surface area contributed by atoms with Gasteiger partial charge in [0.25, 0.3) is 11.8 Å². The third-order valence-corrected chi connectivity index (χ3v) is 4.85. The minimum Gasteiger partial charge on any atom is -0.454 e. The first-order valence-corrected chi connectivity index (χ1v) is 10.1. The van der Waals surface area contributed by atoms with E-state index in [-0.39, 0.29) is 11.7 Å². The zero-order valence-electron chi connectivity index (χ0n) is 17.6. The molecule has 0 spiro atoms. The highest BCUT2D eigenvalue weighted by Gasteiger charge is 2.21. The number of hydrogen-bond donors (Lipinski definition) is 2. The van der Waals surface area contributed by atoms with Gasteiger partial charge in [0, 0.05) is 29.8 Å². The second-order valence-electron chi connectivity index (χ2n) is 7.19. The maximum atomic E-state index is 12.2. The zero-order chi connectivity index (χ0) is 23.1. The van der Waals surface area contributed by atoms with Crippen LogP contribution in [0.3, 0.4) is 0 Å². The minimum absolute atomic E-state index is 0.0544. The highest BCUT2D eigenvalue weighted by molar-refractivity contribution is 6.04. The molecule has 0 atom stereocenters. The monoisotopic (exact) mass is 437 g/mol. The van der Waals surface area contributed by atoms with Crippen LogP contribution < -0.4 is 15.5 Å². The first kappa shape index (κ1) is 22.7. The Hall–Kier alpha value is -4.01. The summed E-state index contributed by atoms with van der Waals surface area (Å²) in [6.45, 7) is 1.07. The number of carbonyl (C=O) groups is 5. The molecule has 3 rings (SSSR count). The van der Waals surface area contributed by atoms with Crippen LogP contribution in [0.1, 0.15) is 40.5 Å². The number of ether oxygens (including phenoxy) is 1. The van der Waals surface area contributed by atoms with Crippen LogP contribution in [-0.2, 0) is 19.1 Å². The van der Waals surface area contributed by atoms with Gasteiger partial charge in [0.2, 0.25) is 5.91 Å².